The van der Waals surface area contributed by atoms with Crippen molar-refractivity contribution in [2.24, 2.45) is 11.8 Å². The number of nitrogens with one attached hydrogen (secondary N) is 1. The molecule has 0 aromatic heterocycles. The fourth-order valence-electron chi connectivity index (χ4n) is 5.25. The van der Waals surface area contributed by atoms with E-state index in [1.54, 1.807) is 36.4 Å². The summed E-state index contributed by atoms with van der Waals surface area (Å²) < 4.78 is 5.01. The highest BCUT2D eigenvalue weighted by Crippen LogP contribution is 2.37. The van der Waals surface area contributed by atoms with Gasteiger partial charge in [0.2, 0.25) is 5.91 Å². The van der Waals surface area contributed by atoms with Crippen molar-refractivity contribution in [1.82, 2.24) is 4.90 Å². The number of carbonyl (C=O) groups is 4. The third-order valence-corrected chi connectivity index (χ3v) is 7.38. The fraction of sp³-hybridized carbons (Fsp3) is 0.429. The number of rotatable bonds is 7. The van der Waals surface area contributed by atoms with Crippen molar-refractivity contribution >= 4 is 35.1 Å². The van der Waals surface area contributed by atoms with Gasteiger partial charge in [-0.05, 0) is 61.4 Å². The van der Waals surface area contributed by atoms with Gasteiger partial charge >= 0.3 is 5.97 Å². The number of methoxy groups -OCH3 is 1. The van der Waals surface area contributed by atoms with Crippen molar-refractivity contribution in [3.63, 3.8) is 0 Å². The van der Waals surface area contributed by atoms with Crippen LogP contribution in [0.1, 0.15) is 70.1 Å². The van der Waals surface area contributed by atoms with Crippen LogP contribution in [-0.4, -0.2) is 54.8 Å². The normalized spacial score (nSPS) is 20.2. The van der Waals surface area contributed by atoms with Crippen LogP contribution in [0.2, 0.25) is 0 Å². The van der Waals surface area contributed by atoms with Gasteiger partial charge < -0.3 is 15.0 Å². The molecule has 8 heteroatoms. The summed E-state index contributed by atoms with van der Waals surface area (Å²) in [5, 5.41) is 2.84. The number of benzene rings is 2. The highest BCUT2D eigenvalue weighted by atomic mass is 16.5. The van der Waals surface area contributed by atoms with Crippen LogP contribution in [0.15, 0.2) is 42.5 Å². The first-order valence-electron chi connectivity index (χ1n) is 12.6. The highest BCUT2D eigenvalue weighted by molar-refractivity contribution is 6.23. The minimum absolute atomic E-state index is 0.245. The van der Waals surface area contributed by atoms with Crippen LogP contribution >= 0.6 is 0 Å². The van der Waals surface area contributed by atoms with Crippen molar-refractivity contribution in [3.8, 4) is 0 Å². The van der Waals surface area contributed by atoms with E-state index >= 15 is 0 Å². The second-order valence-electron chi connectivity index (χ2n) is 10.1. The third-order valence-electron chi connectivity index (χ3n) is 7.38. The van der Waals surface area contributed by atoms with E-state index in [1.165, 1.54) is 13.5 Å². The van der Waals surface area contributed by atoms with Gasteiger partial charge in [-0.25, -0.2) is 4.79 Å². The summed E-state index contributed by atoms with van der Waals surface area (Å²) in [6.07, 6.45) is 4.58. The number of piperidine rings is 1. The number of hydrogen-bond donors (Lipinski definition) is 1. The number of amides is 3. The largest absolute Gasteiger partial charge is 0.465 e. The molecule has 2 aliphatic heterocycles. The molecule has 1 saturated carbocycles. The van der Waals surface area contributed by atoms with Gasteiger partial charge in [-0.15, -0.1) is 0 Å². The molecule has 0 radical (unpaired) electrons. The Kier molecular flexibility index (Phi) is 6.51. The number of carbonyl (C=O) groups excluding carboxylic acids is 4. The van der Waals surface area contributed by atoms with Crippen molar-refractivity contribution in [1.29, 1.82) is 0 Å². The summed E-state index contributed by atoms with van der Waals surface area (Å²) in [5.41, 5.74) is 2.07. The first-order valence-corrected chi connectivity index (χ1v) is 12.6. The van der Waals surface area contributed by atoms with Gasteiger partial charge in [-0.3, -0.25) is 19.3 Å². The van der Waals surface area contributed by atoms with Crippen LogP contribution in [0.4, 0.5) is 11.4 Å². The molecule has 5 rings (SSSR count). The monoisotopic (exact) mass is 489 g/mol. The Morgan fingerprint density at radius 1 is 1.06 bits per heavy atom. The summed E-state index contributed by atoms with van der Waals surface area (Å²) in [6, 6.07) is 11.0. The molecule has 0 unspecified atom stereocenters. The van der Waals surface area contributed by atoms with Gasteiger partial charge in [0.1, 0.15) is 6.04 Å². The highest BCUT2D eigenvalue weighted by Gasteiger charge is 2.44. The molecule has 2 aromatic rings. The van der Waals surface area contributed by atoms with Crippen molar-refractivity contribution < 1.29 is 23.9 Å². The maximum atomic E-state index is 13.6. The Morgan fingerprint density at radius 3 is 2.36 bits per heavy atom. The number of esters is 1. The van der Waals surface area contributed by atoms with E-state index in [0.29, 0.717) is 29.2 Å². The average Bonchev–Trinajstić information content (AvgIpc) is 3.68. The van der Waals surface area contributed by atoms with E-state index in [2.05, 4.69) is 17.1 Å². The topological polar surface area (TPSA) is 96.0 Å². The van der Waals surface area contributed by atoms with Crippen molar-refractivity contribution in [2.75, 3.05) is 30.4 Å². The molecule has 3 aliphatic rings. The van der Waals surface area contributed by atoms with Crippen molar-refractivity contribution in [3.05, 3.63) is 59.2 Å². The number of ether oxygens (including phenoxy) is 1. The van der Waals surface area contributed by atoms with Crippen LogP contribution in [0.5, 0.6) is 0 Å². The molecule has 0 spiro atoms. The van der Waals surface area contributed by atoms with Gasteiger partial charge in [0.05, 0.1) is 29.5 Å². The lowest BCUT2D eigenvalue weighted by atomic mass is 9.99. The van der Waals surface area contributed by atoms with Crippen LogP contribution < -0.4 is 10.2 Å². The molecule has 36 heavy (non-hydrogen) atoms. The Labute approximate surface area is 210 Å². The van der Waals surface area contributed by atoms with E-state index in [-0.39, 0.29) is 11.5 Å². The minimum Gasteiger partial charge on any atom is -0.465 e. The summed E-state index contributed by atoms with van der Waals surface area (Å²) in [7, 11) is 1.30. The molecule has 3 amide bonds. The van der Waals surface area contributed by atoms with E-state index in [9.17, 15) is 19.2 Å². The van der Waals surface area contributed by atoms with Crippen molar-refractivity contribution in [2.45, 2.75) is 45.1 Å². The quantitative estimate of drug-likeness (QED) is 0.465. The Bertz CT molecular complexity index is 1190. The molecular formula is C28H31N3O5. The van der Waals surface area contributed by atoms with Crippen LogP contribution in [0.3, 0.4) is 0 Å². The molecule has 2 atom stereocenters. The van der Waals surface area contributed by atoms with E-state index in [0.717, 1.165) is 42.9 Å². The number of imide groups is 1. The zero-order chi connectivity index (χ0) is 25.4. The van der Waals surface area contributed by atoms with E-state index in [1.807, 2.05) is 6.07 Å². The van der Waals surface area contributed by atoms with Gasteiger partial charge in [0, 0.05) is 18.8 Å². The average molecular weight is 490 g/mol. The number of fused-ring (bicyclic) bond motifs is 1. The molecule has 1 N–H and O–H groups in total. The smallest absolute Gasteiger partial charge is 0.340 e. The molecule has 188 valence electrons. The Balaban J connectivity index is 1.42. The molecule has 1 saturated heterocycles. The lowest BCUT2D eigenvalue weighted by Crippen LogP contribution is -2.47. The molecular weight excluding hydrogens is 458 g/mol. The molecule has 2 fully saturated rings. The Hall–Kier alpha value is -3.68. The Morgan fingerprint density at radius 2 is 1.75 bits per heavy atom. The van der Waals surface area contributed by atoms with Crippen LogP contribution in [-0.2, 0) is 9.53 Å². The summed E-state index contributed by atoms with van der Waals surface area (Å²) in [4.78, 5) is 55.8. The van der Waals surface area contributed by atoms with Gasteiger partial charge in [0.15, 0.2) is 0 Å². The molecule has 0 bridgehead atoms. The first kappa shape index (κ1) is 24.0. The standard InChI is InChI=1S/C28H31N3O5/c1-17-6-5-13-30(16-17)19-11-12-23(22(15-19)28(35)36-2)29-25(32)24(14-18-9-10-18)31-26(33)20-7-3-4-8-21(20)27(31)34/h3-4,7-8,11-12,15,17-18,24H,5-6,9-10,13-14,16H2,1-2H3,(H,29,32)/t17-,24+/m1/s1. The first-order chi connectivity index (χ1) is 17.4. The van der Waals surface area contributed by atoms with Gasteiger partial charge in [-0.2, -0.15) is 0 Å². The number of nitrogens with zero attached hydrogens (tertiary/aromatic N) is 2. The van der Waals surface area contributed by atoms with E-state index < -0.39 is 29.7 Å². The lowest BCUT2D eigenvalue weighted by Gasteiger charge is -2.33. The summed E-state index contributed by atoms with van der Waals surface area (Å²) >= 11 is 0. The van der Waals surface area contributed by atoms with Crippen LogP contribution in [0, 0.1) is 11.8 Å². The SMILES string of the molecule is COC(=O)c1cc(N2CCC[C@@H](C)C2)ccc1NC(=O)[C@H](CC1CC1)N1C(=O)c2ccccc2C1=O. The van der Waals surface area contributed by atoms with Gasteiger partial charge in [0.25, 0.3) is 11.8 Å². The second-order valence-corrected chi connectivity index (χ2v) is 10.1. The number of anilines is 2. The maximum absolute atomic E-state index is 13.6. The molecule has 2 heterocycles. The predicted octanol–water partition coefficient (Wildman–Crippen LogP) is 4.11. The van der Waals surface area contributed by atoms with E-state index in [4.69, 9.17) is 4.74 Å². The molecule has 2 aromatic carbocycles. The number of hydrogen-bond acceptors (Lipinski definition) is 6. The zero-order valence-corrected chi connectivity index (χ0v) is 20.7. The zero-order valence-electron chi connectivity index (χ0n) is 20.7. The summed E-state index contributed by atoms with van der Waals surface area (Å²) in [5.74, 6) is -1.12. The molecule has 1 aliphatic carbocycles. The minimum atomic E-state index is -0.960. The lowest BCUT2D eigenvalue weighted by molar-refractivity contribution is -0.120. The molecule has 8 nitrogen and oxygen atoms in total. The third kappa shape index (κ3) is 4.59. The predicted molar refractivity (Wildman–Crippen MR) is 135 cm³/mol. The summed E-state index contributed by atoms with van der Waals surface area (Å²) in [6.45, 7) is 4.01. The second kappa shape index (κ2) is 9.76. The fourth-order valence-corrected chi connectivity index (χ4v) is 5.25. The van der Waals surface area contributed by atoms with Gasteiger partial charge in [-0.1, -0.05) is 31.9 Å². The maximum Gasteiger partial charge on any atom is 0.340 e. The van der Waals surface area contributed by atoms with Crippen LogP contribution in [0.25, 0.3) is 0 Å².